The first kappa shape index (κ1) is 8.02. The molecule has 0 aliphatic rings. The van der Waals surface area contributed by atoms with Crippen LogP contribution in [0.1, 0.15) is 11.1 Å². The molecule has 1 aromatic heterocycles. The van der Waals surface area contributed by atoms with E-state index in [-0.39, 0.29) is 0 Å². The Morgan fingerprint density at radius 1 is 1.54 bits per heavy atom. The lowest BCUT2D eigenvalue weighted by Gasteiger charge is -1.94. The monoisotopic (exact) mass is 189 g/mol. The number of hydrogen-bond donors (Lipinski definition) is 1. The third-order valence-corrected chi connectivity index (χ3v) is 2.86. The van der Waals surface area contributed by atoms with Gasteiger partial charge in [0.05, 0.1) is 21.8 Å². The van der Waals surface area contributed by atoms with Crippen molar-refractivity contribution < 1.29 is 0 Å². The molecule has 3 nitrogen and oxygen atoms in total. The Morgan fingerprint density at radius 2 is 2.31 bits per heavy atom. The lowest BCUT2D eigenvalue weighted by molar-refractivity contribution is 1.43. The van der Waals surface area contributed by atoms with Crippen LogP contribution in [0.3, 0.4) is 0 Å². The number of aromatic nitrogens is 1. The SMILES string of the molecule is Cc1cc(C#N)cc2nc(N)sc12. The molecule has 2 N–H and O–H groups in total. The highest BCUT2D eigenvalue weighted by molar-refractivity contribution is 7.22. The van der Waals surface area contributed by atoms with Gasteiger partial charge < -0.3 is 5.73 Å². The van der Waals surface area contributed by atoms with Gasteiger partial charge in [0.25, 0.3) is 0 Å². The Morgan fingerprint density at radius 3 is 3.00 bits per heavy atom. The van der Waals surface area contributed by atoms with Gasteiger partial charge in [0.1, 0.15) is 0 Å². The molecule has 0 radical (unpaired) electrons. The highest BCUT2D eigenvalue weighted by atomic mass is 32.1. The number of nitrogens with two attached hydrogens (primary N) is 1. The minimum atomic E-state index is 0.549. The molecule has 0 aliphatic carbocycles. The third-order valence-electron chi connectivity index (χ3n) is 1.82. The first-order valence-corrected chi connectivity index (χ1v) is 4.59. The lowest BCUT2D eigenvalue weighted by atomic mass is 10.1. The molecule has 1 heterocycles. The first-order valence-electron chi connectivity index (χ1n) is 3.77. The van der Waals surface area contributed by atoms with E-state index in [1.54, 1.807) is 6.07 Å². The largest absolute Gasteiger partial charge is 0.375 e. The Labute approximate surface area is 79.4 Å². The summed E-state index contributed by atoms with van der Waals surface area (Å²) in [4.78, 5) is 4.13. The smallest absolute Gasteiger partial charge is 0.181 e. The van der Waals surface area contributed by atoms with Gasteiger partial charge in [-0.3, -0.25) is 0 Å². The molecule has 4 heteroatoms. The van der Waals surface area contributed by atoms with Crippen LogP contribution in [-0.2, 0) is 0 Å². The van der Waals surface area contributed by atoms with E-state index in [4.69, 9.17) is 11.0 Å². The fraction of sp³-hybridized carbons (Fsp3) is 0.111. The van der Waals surface area contributed by atoms with Gasteiger partial charge in [0.15, 0.2) is 5.13 Å². The van der Waals surface area contributed by atoms with E-state index in [9.17, 15) is 0 Å². The summed E-state index contributed by atoms with van der Waals surface area (Å²) in [5.41, 5.74) is 8.09. The van der Waals surface area contributed by atoms with Crippen molar-refractivity contribution in [3.05, 3.63) is 23.3 Å². The molecule has 0 atom stereocenters. The fourth-order valence-electron chi connectivity index (χ4n) is 1.28. The standard InChI is InChI=1S/C9H7N3S/c1-5-2-6(4-10)3-7-8(5)13-9(11)12-7/h2-3H,1H3,(H2,11,12). The van der Waals surface area contributed by atoms with Gasteiger partial charge in [0, 0.05) is 0 Å². The summed E-state index contributed by atoms with van der Waals surface area (Å²) in [5, 5.41) is 9.27. The number of nitrogens with zero attached hydrogens (tertiary/aromatic N) is 2. The molecule has 0 spiro atoms. The average molecular weight is 189 g/mol. The zero-order chi connectivity index (χ0) is 9.42. The normalized spacial score (nSPS) is 10.2. The molecule has 2 rings (SSSR count). The van der Waals surface area contributed by atoms with Gasteiger partial charge in [-0.05, 0) is 24.6 Å². The summed E-state index contributed by atoms with van der Waals surface area (Å²) in [7, 11) is 0. The second-order valence-corrected chi connectivity index (χ2v) is 3.84. The Hall–Kier alpha value is -1.60. The second-order valence-electron chi connectivity index (χ2n) is 2.81. The first-order chi connectivity index (χ1) is 6.20. The molecule has 13 heavy (non-hydrogen) atoms. The van der Waals surface area contributed by atoms with Crippen molar-refractivity contribution in [3.8, 4) is 6.07 Å². The second kappa shape index (κ2) is 2.71. The molecule has 0 aliphatic heterocycles. The maximum absolute atomic E-state index is 8.72. The van der Waals surface area contributed by atoms with Crippen molar-refractivity contribution in [1.82, 2.24) is 4.98 Å². The van der Waals surface area contributed by atoms with Gasteiger partial charge in [0.2, 0.25) is 0 Å². The van der Waals surface area contributed by atoms with Crippen molar-refractivity contribution in [2.75, 3.05) is 5.73 Å². The van der Waals surface area contributed by atoms with E-state index in [1.165, 1.54) is 11.3 Å². The number of hydrogen-bond acceptors (Lipinski definition) is 4. The van der Waals surface area contributed by atoms with Crippen LogP contribution in [0, 0.1) is 18.3 Å². The van der Waals surface area contributed by atoms with Gasteiger partial charge in [-0.25, -0.2) is 4.98 Å². The molecule has 0 saturated heterocycles. The van der Waals surface area contributed by atoms with Crippen molar-refractivity contribution >= 4 is 26.7 Å². The van der Waals surface area contributed by atoms with Crippen LogP contribution >= 0.6 is 11.3 Å². The number of benzene rings is 1. The molecule has 0 unspecified atom stereocenters. The van der Waals surface area contributed by atoms with Gasteiger partial charge >= 0.3 is 0 Å². The third kappa shape index (κ3) is 1.23. The number of nitrogen functional groups attached to an aromatic ring is 1. The number of rotatable bonds is 0. The van der Waals surface area contributed by atoms with Crippen LogP contribution in [0.4, 0.5) is 5.13 Å². The van der Waals surface area contributed by atoms with E-state index in [2.05, 4.69) is 11.1 Å². The highest BCUT2D eigenvalue weighted by Gasteiger charge is 2.05. The molecule has 1 aromatic carbocycles. The van der Waals surface area contributed by atoms with Crippen molar-refractivity contribution in [1.29, 1.82) is 5.26 Å². The molecular formula is C9H7N3S. The number of thiazole rings is 1. The van der Waals surface area contributed by atoms with Crippen LogP contribution in [0.25, 0.3) is 10.2 Å². The number of aryl methyl sites for hydroxylation is 1. The number of fused-ring (bicyclic) bond motifs is 1. The van der Waals surface area contributed by atoms with Crippen LogP contribution in [0.15, 0.2) is 12.1 Å². The number of anilines is 1. The summed E-state index contributed by atoms with van der Waals surface area (Å²) in [6, 6.07) is 5.70. The van der Waals surface area contributed by atoms with Crippen molar-refractivity contribution in [3.63, 3.8) is 0 Å². The van der Waals surface area contributed by atoms with E-state index >= 15 is 0 Å². The molecule has 0 bridgehead atoms. The maximum atomic E-state index is 8.72. The fourth-order valence-corrected chi connectivity index (χ4v) is 2.06. The predicted octanol–water partition coefficient (Wildman–Crippen LogP) is 2.06. The van der Waals surface area contributed by atoms with Gasteiger partial charge in [-0.15, -0.1) is 0 Å². The molecular weight excluding hydrogens is 182 g/mol. The predicted molar refractivity (Wildman–Crippen MR) is 53.5 cm³/mol. The van der Waals surface area contributed by atoms with E-state index in [0.29, 0.717) is 10.7 Å². The van der Waals surface area contributed by atoms with E-state index < -0.39 is 0 Å². The minimum absolute atomic E-state index is 0.549. The minimum Gasteiger partial charge on any atom is -0.375 e. The zero-order valence-corrected chi connectivity index (χ0v) is 7.85. The summed E-state index contributed by atoms with van der Waals surface area (Å²) in [5.74, 6) is 0. The summed E-state index contributed by atoms with van der Waals surface area (Å²) in [6.07, 6.45) is 0. The summed E-state index contributed by atoms with van der Waals surface area (Å²) < 4.78 is 1.07. The summed E-state index contributed by atoms with van der Waals surface area (Å²) in [6.45, 7) is 1.96. The van der Waals surface area contributed by atoms with Crippen LogP contribution < -0.4 is 5.73 Å². The van der Waals surface area contributed by atoms with Gasteiger partial charge in [-0.2, -0.15) is 5.26 Å². The number of nitriles is 1. The van der Waals surface area contributed by atoms with E-state index in [0.717, 1.165) is 15.8 Å². The molecule has 2 aromatic rings. The zero-order valence-electron chi connectivity index (χ0n) is 7.03. The Kier molecular flexibility index (Phi) is 1.67. The Balaban J connectivity index is 2.85. The van der Waals surface area contributed by atoms with Crippen molar-refractivity contribution in [2.45, 2.75) is 6.92 Å². The van der Waals surface area contributed by atoms with Gasteiger partial charge in [-0.1, -0.05) is 11.3 Å². The van der Waals surface area contributed by atoms with Crippen molar-refractivity contribution in [2.24, 2.45) is 0 Å². The van der Waals surface area contributed by atoms with E-state index in [1.807, 2.05) is 13.0 Å². The maximum Gasteiger partial charge on any atom is 0.181 e. The Bertz CT molecular complexity index is 507. The highest BCUT2D eigenvalue weighted by Crippen LogP contribution is 2.27. The molecule has 64 valence electrons. The molecule has 0 amide bonds. The quantitative estimate of drug-likeness (QED) is 0.690. The lowest BCUT2D eigenvalue weighted by Crippen LogP contribution is -1.80. The molecule has 0 saturated carbocycles. The topological polar surface area (TPSA) is 62.7 Å². The summed E-state index contributed by atoms with van der Waals surface area (Å²) >= 11 is 1.46. The van der Waals surface area contributed by atoms with Crippen LogP contribution in [0.5, 0.6) is 0 Å². The average Bonchev–Trinajstić information content (AvgIpc) is 2.46. The van der Waals surface area contributed by atoms with Crippen LogP contribution in [0.2, 0.25) is 0 Å². The molecule has 0 fully saturated rings. The van der Waals surface area contributed by atoms with Crippen LogP contribution in [-0.4, -0.2) is 4.98 Å².